The molecule has 2 N–H and O–H groups in total. The highest BCUT2D eigenvalue weighted by molar-refractivity contribution is 5.68. The summed E-state index contributed by atoms with van der Waals surface area (Å²) in [7, 11) is 0. The minimum absolute atomic E-state index is 0.0379. The van der Waals surface area contributed by atoms with Gasteiger partial charge in [0.05, 0.1) is 0 Å². The lowest BCUT2D eigenvalue weighted by atomic mass is 9.82. The Morgan fingerprint density at radius 1 is 1.24 bits per heavy atom. The van der Waals surface area contributed by atoms with Gasteiger partial charge in [0.1, 0.15) is 5.75 Å². The van der Waals surface area contributed by atoms with Crippen molar-refractivity contribution in [2.24, 2.45) is 5.41 Å². The average Bonchev–Trinajstić information content (AvgIpc) is 2.32. The fraction of sp³-hybridized carbons (Fsp3) is 0.588. The number of hydrogen-bond acceptors (Lipinski definition) is 3. The van der Waals surface area contributed by atoms with E-state index in [1.165, 1.54) is 0 Å². The Morgan fingerprint density at radius 3 is 2.48 bits per heavy atom. The number of benzene rings is 1. The van der Waals surface area contributed by atoms with Gasteiger partial charge in [-0.25, -0.2) is 4.79 Å². The number of hydrogen-bond donors (Lipinski definition) is 2. The van der Waals surface area contributed by atoms with Gasteiger partial charge in [0.15, 0.2) is 6.61 Å². The maximum absolute atomic E-state index is 10.5. The molecule has 0 amide bonds. The zero-order chi connectivity index (χ0) is 16.1. The number of carbonyl (C=O) groups is 1. The van der Waals surface area contributed by atoms with Crippen molar-refractivity contribution < 1.29 is 14.6 Å². The van der Waals surface area contributed by atoms with Crippen molar-refractivity contribution in [2.45, 2.75) is 53.1 Å². The maximum Gasteiger partial charge on any atom is 0.341 e. The summed E-state index contributed by atoms with van der Waals surface area (Å²) < 4.78 is 5.19. The van der Waals surface area contributed by atoms with Crippen LogP contribution in [0.4, 0.5) is 0 Å². The van der Waals surface area contributed by atoms with Gasteiger partial charge in [-0.3, -0.25) is 0 Å². The first-order valence-electron chi connectivity index (χ1n) is 7.26. The molecule has 1 aromatic rings. The first-order valence-corrected chi connectivity index (χ1v) is 7.26. The molecule has 0 aromatic heterocycles. The molecule has 0 aliphatic heterocycles. The van der Waals surface area contributed by atoms with Crippen molar-refractivity contribution in [3.8, 4) is 5.75 Å². The maximum atomic E-state index is 10.5. The fourth-order valence-corrected chi connectivity index (χ4v) is 2.62. The largest absolute Gasteiger partial charge is 0.482 e. The average molecular weight is 293 g/mol. The highest BCUT2D eigenvalue weighted by atomic mass is 16.5. The second-order valence-corrected chi connectivity index (χ2v) is 7.30. The molecule has 0 saturated carbocycles. The fourth-order valence-electron chi connectivity index (χ4n) is 2.62. The lowest BCUT2D eigenvalue weighted by Crippen LogP contribution is -2.41. The van der Waals surface area contributed by atoms with Crippen LogP contribution in [0.15, 0.2) is 24.3 Å². The smallest absolute Gasteiger partial charge is 0.341 e. The van der Waals surface area contributed by atoms with E-state index in [9.17, 15) is 4.79 Å². The van der Waals surface area contributed by atoms with E-state index >= 15 is 0 Å². The van der Waals surface area contributed by atoms with E-state index in [0.717, 1.165) is 18.5 Å². The Bertz CT molecular complexity index is 475. The second-order valence-electron chi connectivity index (χ2n) is 7.30. The third-order valence-electron chi connectivity index (χ3n) is 3.00. The van der Waals surface area contributed by atoms with Crippen LogP contribution in [0, 0.1) is 5.41 Å². The summed E-state index contributed by atoms with van der Waals surface area (Å²) in [4.78, 5) is 10.5. The van der Waals surface area contributed by atoms with Crippen molar-refractivity contribution in [1.82, 2.24) is 5.32 Å². The summed E-state index contributed by atoms with van der Waals surface area (Å²) in [6, 6.07) is 7.54. The number of carboxylic acids is 1. The zero-order valence-electron chi connectivity index (χ0n) is 13.7. The van der Waals surface area contributed by atoms with Crippen molar-refractivity contribution >= 4 is 5.97 Å². The van der Waals surface area contributed by atoms with Gasteiger partial charge in [0.2, 0.25) is 0 Å². The molecule has 0 radical (unpaired) electrons. The number of rotatable bonds is 7. The van der Waals surface area contributed by atoms with Crippen molar-refractivity contribution in [1.29, 1.82) is 0 Å². The summed E-state index contributed by atoms with van der Waals surface area (Å²) in [5.74, 6) is -0.379. The lowest BCUT2D eigenvalue weighted by molar-refractivity contribution is -0.139. The Labute approximate surface area is 127 Å². The van der Waals surface area contributed by atoms with Crippen LogP contribution in [0.2, 0.25) is 0 Å². The molecular formula is C17H27NO3. The molecule has 0 aliphatic rings. The van der Waals surface area contributed by atoms with E-state index in [1.54, 1.807) is 6.07 Å². The normalized spacial score (nSPS) is 12.2. The van der Waals surface area contributed by atoms with Crippen LogP contribution in [0.5, 0.6) is 5.75 Å². The minimum Gasteiger partial charge on any atom is -0.482 e. The lowest BCUT2D eigenvalue weighted by Gasteiger charge is -2.33. The van der Waals surface area contributed by atoms with Crippen molar-refractivity contribution in [3.05, 3.63) is 29.8 Å². The van der Waals surface area contributed by atoms with Crippen LogP contribution in [0.3, 0.4) is 0 Å². The molecule has 4 heteroatoms. The molecule has 118 valence electrons. The topological polar surface area (TPSA) is 58.6 Å². The number of aliphatic carboxylic acids is 1. The molecule has 21 heavy (non-hydrogen) atoms. The van der Waals surface area contributed by atoms with Crippen LogP contribution in [0.1, 0.15) is 46.6 Å². The third-order valence-corrected chi connectivity index (χ3v) is 3.00. The van der Waals surface area contributed by atoms with E-state index in [4.69, 9.17) is 9.84 Å². The molecule has 0 atom stereocenters. The van der Waals surface area contributed by atoms with Crippen LogP contribution < -0.4 is 10.1 Å². The number of nitrogens with one attached hydrogen (secondary N) is 1. The van der Waals surface area contributed by atoms with Crippen LogP contribution in [0.25, 0.3) is 0 Å². The molecule has 0 bridgehead atoms. The van der Waals surface area contributed by atoms with Gasteiger partial charge in [-0.2, -0.15) is 0 Å². The zero-order valence-corrected chi connectivity index (χ0v) is 13.7. The Morgan fingerprint density at radius 2 is 1.90 bits per heavy atom. The van der Waals surface area contributed by atoms with E-state index in [1.807, 2.05) is 18.2 Å². The van der Waals surface area contributed by atoms with Gasteiger partial charge >= 0.3 is 5.97 Å². The SMILES string of the molecule is CC(C)(C)CC(C)(C)NCc1cccc(OCC(=O)O)c1. The van der Waals surface area contributed by atoms with E-state index in [-0.39, 0.29) is 17.6 Å². The van der Waals surface area contributed by atoms with Gasteiger partial charge in [0.25, 0.3) is 0 Å². The van der Waals surface area contributed by atoms with E-state index < -0.39 is 5.97 Å². The molecule has 0 aliphatic carbocycles. The van der Waals surface area contributed by atoms with Gasteiger partial charge in [0, 0.05) is 12.1 Å². The molecule has 1 aromatic carbocycles. The summed E-state index contributed by atoms with van der Waals surface area (Å²) in [5.41, 5.74) is 1.39. The second kappa shape index (κ2) is 6.94. The molecular weight excluding hydrogens is 266 g/mol. The minimum atomic E-state index is -0.968. The monoisotopic (exact) mass is 293 g/mol. The van der Waals surface area contributed by atoms with Gasteiger partial charge in [-0.15, -0.1) is 0 Å². The van der Waals surface area contributed by atoms with Gasteiger partial charge in [-0.1, -0.05) is 32.9 Å². The molecule has 0 heterocycles. The Hall–Kier alpha value is -1.55. The number of carboxylic acid groups (broad SMARTS) is 1. The third kappa shape index (κ3) is 7.71. The standard InChI is InChI=1S/C17H27NO3/c1-16(2,3)12-17(4,5)18-10-13-7-6-8-14(9-13)21-11-15(19)20/h6-9,18H,10-12H2,1-5H3,(H,19,20). The summed E-state index contributed by atoms with van der Waals surface area (Å²) in [6.07, 6.45) is 1.06. The summed E-state index contributed by atoms with van der Waals surface area (Å²) in [5, 5.41) is 12.2. The van der Waals surface area contributed by atoms with Gasteiger partial charge in [-0.05, 0) is 43.4 Å². The predicted octanol–water partition coefficient (Wildman–Crippen LogP) is 3.45. The van der Waals surface area contributed by atoms with Crippen LogP contribution in [-0.4, -0.2) is 23.2 Å². The highest BCUT2D eigenvalue weighted by Crippen LogP contribution is 2.27. The van der Waals surface area contributed by atoms with Crippen LogP contribution >= 0.6 is 0 Å². The quantitative estimate of drug-likeness (QED) is 0.808. The molecule has 0 saturated heterocycles. The number of ether oxygens (including phenoxy) is 1. The summed E-state index contributed by atoms with van der Waals surface area (Å²) in [6.45, 7) is 11.5. The molecule has 0 spiro atoms. The first-order chi connectivity index (χ1) is 9.57. The molecule has 0 fully saturated rings. The predicted molar refractivity (Wildman–Crippen MR) is 84.6 cm³/mol. The highest BCUT2D eigenvalue weighted by Gasteiger charge is 2.24. The molecule has 0 unspecified atom stereocenters. The Kier molecular flexibility index (Phi) is 5.78. The Balaban J connectivity index is 2.59. The van der Waals surface area contributed by atoms with Crippen molar-refractivity contribution in [2.75, 3.05) is 6.61 Å². The van der Waals surface area contributed by atoms with E-state index in [0.29, 0.717) is 5.75 Å². The van der Waals surface area contributed by atoms with Crippen molar-refractivity contribution in [3.63, 3.8) is 0 Å². The van der Waals surface area contributed by atoms with E-state index in [2.05, 4.69) is 39.9 Å². The first kappa shape index (κ1) is 17.5. The van der Waals surface area contributed by atoms with Gasteiger partial charge < -0.3 is 15.2 Å². The summed E-state index contributed by atoms with van der Waals surface area (Å²) >= 11 is 0. The molecule has 4 nitrogen and oxygen atoms in total. The van der Waals surface area contributed by atoms with Crippen LogP contribution in [-0.2, 0) is 11.3 Å². The molecule has 1 rings (SSSR count).